The van der Waals surface area contributed by atoms with Crippen LogP contribution in [-0.4, -0.2) is 30.1 Å². The monoisotopic (exact) mass is 319 g/mol. The summed E-state index contributed by atoms with van der Waals surface area (Å²) in [6.07, 6.45) is 2.13. The third kappa shape index (κ3) is 4.70. The SMILES string of the molecule is CCNC(=NCc1cc2ccccc2o1)NCC(C)(C)SC. The van der Waals surface area contributed by atoms with Gasteiger partial charge in [-0.05, 0) is 39.2 Å². The molecule has 0 fully saturated rings. The molecule has 0 spiro atoms. The van der Waals surface area contributed by atoms with Gasteiger partial charge in [-0.1, -0.05) is 18.2 Å². The number of nitrogens with zero attached hydrogens (tertiary/aromatic N) is 1. The fourth-order valence-electron chi connectivity index (χ4n) is 1.98. The van der Waals surface area contributed by atoms with Crippen LogP contribution in [0.25, 0.3) is 11.0 Å². The van der Waals surface area contributed by atoms with Gasteiger partial charge in [0, 0.05) is 23.2 Å². The molecule has 4 nitrogen and oxygen atoms in total. The van der Waals surface area contributed by atoms with Crippen molar-refractivity contribution < 1.29 is 4.42 Å². The molecule has 0 aliphatic carbocycles. The molecule has 0 radical (unpaired) electrons. The Hall–Kier alpha value is -1.62. The fourth-order valence-corrected chi connectivity index (χ4v) is 2.20. The summed E-state index contributed by atoms with van der Waals surface area (Å²) in [6.45, 7) is 8.73. The van der Waals surface area contributed by atoms with Crippen molar-refractivity contribution in [3.63, 3.8) is 0 Å². The Morgan fingerprint density at radius 3 is 2.73 bits per heavy atom. The highest BCUT2D eigenvalue weighted by molar-refractivity contribution is 7.99. The van der Waals surface area contributed by atoms with Crippen LogP contribution < -0.4 is 10.6 Å². The van der Waals surface area contributed by atoms with Gasteiger partial charge in [-0.25, -0.2) is 4.99 Å². The van der Waals surface area contributed by atoms with Crippen LogP contribution in [0.2, 0.25) is 0 Å². The van der Waals surface area contributed by atoms with Crippen LogP contribution in [0.5, 0.6) is 0 Å². The smallest absolute Gasteiger partial charge is 0.191 e. The summed E-state index contributed by atoms with van der Waals surface area (Å²) < 4.78 is 5.97. The number of aliphatic imine (C=N–C) groups is 1. The number of hydrogen-bond acceptors (Lipinski definition) is 3. The van der Waals surface area contributed by atoms with Gasteiger partial charge in [-0.3, -0.25) is 0 Å². The molecular formula is C17H25N3OS. The van der Waals surface area contributed by atoms with E-state index in [9.17, 15) is 0 Å². The molecule has 2 aromatic rings. The Labute approximate surface area is 136 Å². The van der Waals surface area contributed by atoms with Crippen LogP contribution in [0.4, 0.5) is 0 Å². The maximum absolute atomic E-state index is 5.80. The van der Waals surface area contributed by atoms with Crippen LogP contribution >= 0.6 is 11.8 Å². The molecule has 120 valence electrons. The van der Waals surface area contributed by atoms with E-state index >= 15 is 0 Å². The van der Waals surface area contributed by atoms with Crippen LogP contribution in [0.15, 0.2) is 39.7 Å². The van der Waals surface area contributed by atoms with E-state index in [1.54, 1.807) is 0 Å². The molecule has 1 heterocycles. The lowest BCUT2D eigenvalue weighted by Gasteiger charge is -2.23. The summed E-state index contributed by atoms with van der Waals surface area (Å²) in [5, 5.41) is 7.78. The van der Waals surface area contributed by atoms with Crippen molar-refractivity contribution >= 4 is 28.7 Å². The van der Waals surface area contributed by atoms with Gasteiger partial charge in [-0.15, -0.1) is 0 Å². The number of guanidine groups is 1. The summed E-state index contributed by atoms with van der Waals surface area (Å²) in [5.74, 6) is 1.70. The predicted molar refractivity (Wildman–Crippen MR) is 96.6 cm³/mol. The second kappa shape index (κ2) is 7.58. The van der Waals surface area contributed by atoms with Crippen LogP contribution in [0.1, 0.15) is 26.5 Å². The summed E-state index contributed by atoms with van der Waals surface area (Å²) in [4.78, 5) is 4.61. The first-order valence-corrected chi connectivity index (χ1v) is 8.81. The van der Waals surface area contributed by atoms with E-state index in [1.807, 2.05) is 36.0 Å². The molecule has 0 aliphatic rings. The Morgan fingerprint density at radius 2 is 2.05 bits per heavy atom. The molecular weight excluding hydrogens is 294 g/mol. The first-order chi connectivity index (χ1) is 10.5. The van der Waals surface area contributed by atoms with Crippen molar-refractivity contribution in [1.82, 2.24) is 10.6 Å². The summed E-state index contributed by atoms with van der Waals surface area (Å²) >= 11 is 1.84. The van der Waals surface area contributed by atoms with Crippen molar-refractivity contribution in [2.75, 3.05) is 19.3 Å². The Kier molecular flexibility index (Phi) is 5.77. The zero-order chi connectivity index (χ0) is 16.0. The Balaban J connectivity index is 2.02. The minimum atomic E-state index is 0.176. The number of thioether (sulfide) groups is 1. The summed E-state index contributed by atoms with van der Waals surface area (Å²) in [5.41, 5.74) is 0.911. The van der Waals surface area contributed by atoms with Gasteiger partial charge in [0.1, 0.15) is 17.9 Å². The van der Waals surface area contributed by atoms with E-state index in [-0.39, 0.29) is 4.75 Å². The average Bonchev–Trinajstić information content (AvgIpc) is 2.93. The lowest BCUT2D eigenvalue weighted by molar-refractivity contribution is 0.551. The van der Waals surface area contributed by atoms with E-state index in [1.165, 1.54) is 0 Å². The number of fused-ring (bicyclic) bond motifs is 1. The first-order valence-electron chi connectivity index (χ1n) is 7.59. The van der Waals surface area contributed by atoms with E-state index in [2.05, 4.69) is 48.7 Å². The van der Waals surface area contributed by atoms with Gasteiger partial charge in [-0.2, -0.15) is 11.8 Å². The number of benzene rings is 1. The third-order valence-corrected chi connectivity index (χ3v) is 4.70. The highest BCUT2D eigenvalue weighted by Gasteiger charge is 2.16. The zero-order valence-corrected chi connectivity index (χ0v) is 14.6. The normalized spacial score (nSPS) is 12.6. The molecule has 22 heavy (non-hydrogen) atoms. The second-order valence-electron chi connectivity index (χ2n) is 5.76. The van der Waals surface area contributed by atoms with Gasteiger partial charge < -0.3 is 15.1 Å². The van der Waals surface area contributed by atoms with Gasteiger partial charge in [0.25, 0.3) is 0 Å². The molecule has 0 atom stereocenters. The van der Waals surface area contributed by atoms with Crippen molar-refractivity contribution in [2.24, 2.45) is 4.99 Å². The number of hydrogen-bond donors (Lipinski definition) is 2. The van der Waals surface area contributed by atoms with E-state index in [0.29, 0.717) is 6.54 Å². The highest BCUT2D eigenvalue weighted by atomic mass is 32.2. The topological polar surface area (TPSA) is 49.6 Å². The molecule has 2 N–H and O–H groups in total. The van der Waals surface area contributed by atoms with Gasteiger partial charge in [0.15, 0.2) is 5.96 Å². The minimum absolute atomic E-state index is 0.176. The van der Waals surface area contributed by atoms with Crippen molar-refractivity contribution in [3.8, 4) is 0 Å². The number of rotatable bonds is 6. The first kappa shape index (κ1) is 16.7. The van der Waals surface area contributed by atoms with E-state index in [0.717, 1.165) is 35.8 Å². The lowest BCUT2D eigenvalue weighted by Crippen LogP contribution is -2.43. The standard InChI is InChI=1S/C17H25N3OS/c1-5-18-16(20-12-17(2,3)22-4)19-11-14-10-13-8-6-7-9-15(13)21-14/h6-10H,5,11-12H2,1-4H3,(H2,18,19,20). The Bertz CT molecular complexity index is 601. The van der Waals surface area contributed by atoms with Crippen molar-refractivity contribution in [3.05, 3.63) is 36.1 Å². The molecule has 0 bridgehead atoms. The molecule has 0 aliphatic heterocycles. The predicted octanol–water partition coefficient (Wildman–Crippen LogP) is 3.63. The molecule has 0 saturated carbocycles. The molecule has 0 amide bonds. The van der Waals surface area contributed by atoms with Gasteiger partial charge in [0.2, 0.25) is 0 Å². The maximum Gasteiger partial charge on any atom is 0.191 e. The van der Waals surface area contributed by atoms with Crippen LogP contribution in [0.3, 0.4) is 0 Å². The number of para-hydroxylation sites is 1. The van der Waals surface area contributed by atoms with Gasteiger partial charge >= 0.3 is 0 Å². The van der Waals surface area contributed by atoms with Crippen molar-refractivity contribution in [1.29, 1.82) is 0 Å². The molecule has 2 rings (SSSR count). The fraction of sp³-hybridized carbons (Fsp3) is 0.471. The molecule has 0 unspecified atom stereocenters. The second-order valence-corrected chi connectivity index (χ2v) is 7.28. The molecule has 5 heteroatoms. The van der Waals surface area contributed by atoms with Gasteiger partial charge in [0.05, 0.1) is 0 Å². The quantitative estimate of drug-likeness (QED) is 0.630. The zero-order valence-electron chi connectivity index (χ0n) is 13.8. The summed E-state index contributed by atoms with van der Waals surface area (Å²) in [7, 11) is 0. The largest absolute Gasteiger partial charge is 0.459 e. The Morgan fingerprint density at radius 1 is 1.27 bits per heavy atom. The third-order valence-electron chi connectivity index (χ3n) is 3.45. The van der Waals surface area contributed by atoms with Crippen LogP contribution in [-0.2, 0) is 6.54 Å². The van der Waals surface area contributed by atoms with E-state index in [4.69, 9.17) is 4.42 Å². The number of furan rings is 1. The molecule has 0 saturated heterocycles. The maximum atomic E-state index is 5.80. The average molecular weight is 319 g/mol. The highest BCUT2D eigenvalue weighted by Crippen LogP contribution is 2.20. The number of nitrogens with one attached hydrogen (secondary N) is 2. The van der Waals surface area contributed by atoms with E-state index < -0.39 is 0 Å². The molecule has 1 aromatic heterocycles. The minimum Gasteiger partial charge on any atom is -0.459 e. The van der Waals surface area contributed by atoms with Crippen LogP contribution in [0, 0.1) is 0 Å². The van der Waals surface area contributed by atoms with Crippen molar-refractivity contribution in [2.45, 2.75) is 32.1 Å². The lowest BCUT2D eigenvalue weighted by atomic mass is 10.2. The summed E-state index contributed by atoms with van der Waals surface area (Å²) in [6, 6.07) is 10.1. The molecule has 1 aromatic carbocycles.